The van der Waals surface area contributed by atoms with E-state index in [1.165, 1.54) is 0 Å². The highest BCUT2D eigenvalue weighted by Crippen LogP contribution is 1.69. The summed E-state index contributed by atoms with van der Waals surface area (Å²) in [4.78, 5) is 9.80. The Kier molecular flexibility index (Phi) is 10.3. The number of rotatable bonds is 4. The Hall–Kier alpha value is -0.520. The smallest absolute Gasteiger partial charge is 0.404 e. The van der Waals surface area contributed by atoms with Gasteiger partial charge in [-0.15, -0.1) is 12.4 Å². The van der Waals surface area contributed by atoms with E-state index < -0.39 is 6.09 Å². The van der Waals surface area contributed by atoms with Gasteiger partial charge >= 0.3 is 6.09 Å². The van der Waals surface area contributed by atoms with E-state index >= 15 is 0 Å². The molecule has 0 fully saturated rings. The first-order chi connectivity index (χ1) is 4.27. The quantitative estimate of drug-likeness (QED) is 0.260. The van der Waals surface area contributed by atoms with E-state index in [9.17, 15) is 4.79 Å². The molecule has 0 saturated carbocycles. The Morgan fingerprint density at radius 2 is 2.10 bits per heavy atom. The topological polar surface area (TPSA) is 87.4 Å². The minimum Gasteiger partial charge on any atom is -0.465 e. The molecule has 0 atom stereocenters. The summed E-state index contributed by atoms with van der Waals surface area (Å²) in [5, 5.41) is 10.3. The van der Waals surface area contributed by atoms with Crippen molar-refractivity contribution in [3.63, 3.8) is 0 Å². The normalized spacial score (nSPS) is 8.10. The molecule has 0 aromatic carbocycles. The number of halogens is 1. The maximum Gasteiger partial charge on any atom is 0.404 e. The van der Waals surface area contributed by atoms with Crippen molar-refractivity contribution in [1.29, 1.82) is 0 Å². The van der Waals surface area contributed by atoms with Crippen molar-refractivity contribution in [3.8, 4) is 0 Å². The second-order valence-electron chi connectivity index (χ2n) is 1.54. The first-order valence-electron chi connectivity index (χ1n) is 2.67. The molecule has 10 heavy (non-hydrogen) atoms. The van der Waals surface area contributed by atoms with Crippen molar-refractivity contribution in [3.05, 3.63) is 0 Å². The highest BCUT2D eigenvalue weighted by atomic mass is 35.5. The standard InChI is InChI=1S/C4H11N3O2.ClH/c5-7-3-1-2-6-4(8)9;/h6-7H,1-3,5H2,(H,8,9);1H. The van der Waals surface area contributed by atoms with Gasteiger partial charge in [0, 0.05) is 13.1 Å². The van der Waals surface area contributed by atoms with Crippen LogP contribution in [0.25, 0.3) is 0 Å². The molecule has 0 spiro atoms. The number of hydrogen-bond acceptors (Lipinski definition) is 3. The fraction of sp³-hybridized carbons (Fsp3) is 0.750. The molecule has 62 valence electrons. The van der Waals surface area contributed by atoms with E-state index in [4.69, 9.17) is 10.9 Å². The summed E-state index contributed by atoms with van der Waals surface area (Å²) < 4.78 is 0. The number of carboxylic acid groups (broad SMARTS) is 1. The summed E-state index contributed by atoms with van der Waals surface area (Å²) in [6, 6.07) is 0. The van der Waals surface area contributed by atoms with E-state index in [-0.39, 0.29) is 12.4 Å². The second kappa shape index (κ2) is 8.48. The third-order valence-electron chi connectivity index (χ3n) is 0.774. The van der Waals surface area contributed by atoms with Crippen molar-refractivity contribution in [2.45, 2.75) is 6.42 Å². The molecule has 0 saturated heterocycles. The first kappa shape index (κ1) is 12.2. The lowest BCUT2D eigenvalue weighted by atomic mass is 10.4. The van der Waals surface area contributed by atoms with Crippen LogP contribution in [0.4, 0.5) is 4.79 Å². The molecule has 0 aromatic rings. The van der Waals surface area contributed by atoms with E-state index in [0.29, 0.717) is 19.5 Å². The molecule has 0 unspecified atom stereocenters. The third kappa shape index (κ3) is 10.5. The predicted molar refractivity (Wildman–Crippen MR) is 40.1 cm³/mol. The van der Waals surface area contributed by atoms with Crippen molar-refractivity contribution >= 4 is 18.5 Å². The molecule has 0 radical (unpaired) electrons. The summed E-state index contributed by atoms with van der Waals surface area (Å²) in [5.41, 5.74) is 2.41. The summed E-state index contributed by atoms with van der Waals surface area (Å²) >= 11 is 0. The number of hydrogen-bond donors (Lipinski definition) is 4. The van der Waals surface area contributed by atoms with Crippen LogP contribution in [-0.2, 0) is 0 Å². The van der Waals surface area contributed by atoms with Crippen molar-refractivity contribution in [2.75, 3.05) is 13.1 Å². The summed E-state index contributed by atoms with van der Waals surface area (Å²) in [6.45, 7) is 1.07. The zero-order valence-corrected chi connectivity index (χ0v) is 6.28. The average Bonchev–Trinajstić information content (AvgIpc) is 1.80. The van der Waals surface area contributed by atoms with E-state index in [1.54, 1.807) is 0 Å². The number of carbonyl (C=O) groups is 1. The van der Waals surface area contributed by atoms with Crippen LogP contribution in [0.3, 0.4) is 0 Å². The van der Waals surface area contributed by atoms with Crippen LogP contribution >= 0.6 is 12.4 Å². The minimum atomic E-state index is -0.993. The van der Waals surface area contributed by atoms with Gasteiger partial charge in [-0.1, -0.05) is 0 Å². The molecule has 0 heterocycles. The zero-order chi connectivity index (χ0) is 7.11. The van der Waals surface area contributed by atoms with Gasteiger partial charge in [0.15, 0.2) is 0 Å². The Morgan fingerprint density at radius 1 is 1.50 bits per heavy atom. The fourth-order valence-corrected chi connectivity index (χ4v) is 0.386. The number of amides is 1. The van der Waals surface area contributed by atoms with Crippen LogP contribution in [0.2, 0.25) is 0 Å². The molecule has 0 bridgehead atoms. The molecule has 1 amide bonds. The molecule has 0 rings (SSSR count). The Morgan fingerprint density at radius 3 is 2.50 bits per heavy atom. The predicted octanol–water partition coefficient (Wildman–Crippen LogP) is -0.471. The van der Waals surface area contributed by atoms with Crippen LogP contribution in [0.15, 0.2) is 0 Å². The monoisotopic (exact) mass is 169 g/mol. The maximum atomic E-state index is 9.80. The molecule has 0 aliphatic rings. The van der Waals surface area contributed by atoms with E-state index in [2.05, 4.69) is 10.7 Å². The van der Waals surface area contributed by atoms with Gasteiger partial charge in [-0.3, -0.25) is 11.3 Å². The summed E-state index contributed by atoms with van der Waals surface area (Å²) in [7, 11) is 0. The highest BCUT2D eigenvalue weighted by Gasteiger charge is 1.90. The largest absolute Gasteiger partial charge is 0.465 e. The average molecular weight is 170 g/mol. The SMILES string of the molecule is Cl.NNCCCNC(=O)O. The third-order valence-corrected chi connectivity index (χ3v) is 0.774. The van der Waals surface area contributed by atoms with Crippen LogP contribution in [0.5, 0.6) is 0 Å². The highest BCUT2D eigenvalue weighted by molar-refractivity contribution is 5.85. The van der Waals surface area contributed by atoms with Crippen molar-refractivity contribution in [2.24, 2.45) is 5.84 Å². The lowest BCUT2D eigenvalue weighted by Gasteiger charge is -1.98. The number of nitrogens with two attached hydrogens (primary N) is 1. The van der Waals surface area contributed by atoms with E-state index in [0.717, 1.165) is 0 Å². The summed E-state index contributed by atoms with van der Waals surface area (Å²) in [5.74, 6) is 4.92. The van der Waals surface area contributed by atoms with E-state index in [1.807, 2.05) is 0 Å². The summed E-state index contributed by atoms with van der Waals surface area (Å²) in [6.07, 6.45) is -0.282. The van der Waals surface area contributed by atoms with Crippen molar-refractivity contribution < 1.29 is 9.90 Å². The Balaban J connectivity index is 0. The van der Waals surface area contributed by atoms with Crippen LogP contribution < -0.4 is 16.6 Å². The minimum absolute atomic E-state index is 0. The molecule has 5 nitrogen and oxygen atoms in total. The zero-order valence-electron chi connectivity index (χ0n) is 5.46. The van der Waals surface area contributed by atoms with Gasteiger partial charge in [0.1, 0.15) is 0 Å². The van der Waals surface area contributed by atoms with Gasteiger partial charge in [0.25, 0.3) is 0 Å². The first-order valence-corrected chi connectivity index (χ1v) is 2.67. The second-order valence-corrected chi connectivity index (χ2v) is 1.54. The maximum absolute atomic E-state index is 9.80. The molecule has 6 heteroatoms. The molecular formula is C4H12ClN3O2. The molecule has 0 aliphatic carbocycles. The molecular weight excluding hydrogens is 158 g/mol. The van der Waals surface area contributed by atoms with Crippen LogP contribution in [0, 0.1) is 0 Å². The Labute approximate surface area is 65.4 Å². The van der Waals surface area contributed by atoms with Gasteiger partial charge in [-0.25, -0.2) is 4.79 Å². The van der Waals surface area contributed by atoms with Gasteiger partial charge in [-0.05, 0) is 6.42 Å². The molecule has 5 N–H and O–H groups in total. The fourth-order valence-electron chi connectivity index (χ4n) is 0.386. The molecule has 0 aliphatic heterocycles. The van der Waals surface area contributed by atoms with Gasteiger partial charge < -0.3 is 10.4 Å². The van der Waals surface area contributed by atoms with Gasteiger partial charge in [0.05, 0.1) is 0 Å². The Bertz CT molecular complexity index is 90.6. The number of hydrazine groups is 1. The molecule has 0 aromatic heterocycles. The number of nitrogens with one attached hydrogen (secondary N) is 2. The van der Waals surface area contributed by atoms with Crippen LogP contribution in [-0.4, -0.2) is 24.3 Å². The lowest BCUT2D eigenvalue weighted by Crippen LogP contribution is -2.28. The van der Waals surface area contributed by atoms with Crippen molar-refractivity contribution in [1.82, 2.24) is 10.7 Å². The van der Waals surface area contributed by atoms with Gasteiger partial charge in [-0.2, -0.15) is 0 Å². The van der Waals surface area contributed by atoms with Crippen LogP contribution in [0.1, 0.15) is 6.42 Å². The van der Waals surface area contributed by atoms with Gasteiger partial charge in [0.2, 0.25) is 0 Å². The lowest BCUT2D eigenvalue weighted by molar-refractivity contribution is 0.194.